The highest BCUT2D eigenvalue weighted by atomic mass is 16.5. The molecule has 0 atom stereocenters. The second-order valence-electron chi connectivity index (χ2n) is 3.36. The van der Waals surface area contributed by atoms with Crippen molar-refractivity contribution in [1.82, 2.24) is 0 Å². The van der Waals surface area contributed by atoms with Gasteiger partial charge in [-0.15, -0.1) is 0 Å². The van der Waals surface area contributed by atoms with Crippen molar-refractivity contribution in [3.63, 3.8) is 0 Å². The molecule has 0 unspecified atom stereocenters. The molecule has 18 heavy (non-hydrogen) atoms. The summed E-state index contributed by atoms with van der Waals surface area (Å²) in [5.74, 6) is 0.199. The first kappa shape index (κ1) is 13.8. The summed E-state index contributed by atoms with van der Waals surface area (Å²) in [6, 6.07) is 4.83. The molecule has 0 saturated heterocycles. The summed E-state index contributed by atoms with van der Waals surface area (Å²) in [5.41, 5.74) is 0.408. The van der Waals surface area contributed by atoms with E-state index in [4.69, 9.17) is 9.47 Å². The lowest BCUT2D eigenvalue weighted by Crippen LogP contribution is -1.99. The Bertz CT molecular complexity index is 476. The Morgan fingerprint density at radius 1 is 1.22 bits per heavy atom. The van der Waals surface area contributed by atoms with Crippen LogP contribution in [-0.4, -0.2) is 26.0 Å². The maximum Gasteiger partial charge on any atom is 0.333 e. The Morgan fingerprint density at radius 2 is 1.94 bits per heavy atom. The van der Waals surface area contributed by atoms with E-state index in [9.17, 15) is 9.59 Å². The van der Waals surface area contributed by atoms with Crippen LogP contribution >= 0.6 is 0 Å². The number of ether oxygens (including phenoxy) is 3. The van der Waals surface area contributed by atoms with Crippen LogP contribution in [0.5, 0.6) is 11.5 Å². The number of hydrogen-bond acceptors (Lipinski definition) is 5. The number of ketones is 1. The summed E-state index contributed by atoms with van der Waals surface area (Å²) in [6.07, 6.45) is 2.27. The first-order valence-electron chi connectivity index (χ1n) is 5.18. The molecule has 0 fully saturated rings. The largest absolute Gasteiger partial charge is 0.497 e. The van der Waals surface area contributed by atoms with Gasteiger partial charge in [0.1, 0.15) is 11.5 Å². The molecule has 0 N–H and O–H groups in total. The summed E-state index contributed by atoms with van der Waals surface area (Å²) >= 11 is 0. The number of carbonyl (C=O) groups excluding carboxylic acids is 2. The Hall–Kier alpha value is -2.30. The average molecular weight is 250 g/mol. The van der Waals surface area contributed by atoms with Gasteiger partial charge in [-0.2, -0.15) is 0 Å². The molecule has 1 aromatic carbocycles. The fourth-order valence-electron chi connectivity index (χ4n) is 1.25. The minimum Gasteiger partial charge on any atom is -0.497 e. The van der Waals surface area contributed by atoms with Crippen molar-refractivity contribution in [3.05, 3.63) is 36.1 Å². The maximum absolute atomic E-state index is 11.4. The molecule has 0 heterocycles. The molecule has 0 bridgehead atoms. The molecule has 0 spiro atoms. The Morgan fingerprint density at radius 3 is 2.50 bits per heavy atom. The lowest BCUT2D eigenvalue weighted by molar-refractivity contribution is -0.134. The molecule has 5 heteroatoms. The van der Waals surface area contributed by atoms with Crippen LogP contribution in [0.4, 0.5) is 0 Å². The fraction of sp³-hybridized carbons (Fsp3) is 0.231. The van der Waals surface area contributed by atoms with E-state index >= 15 is 0 Å². The van der Waals surface area contributed by atoms with Crippen LogP contribution in [0, 0.1) is 0 Å². The summed E-state index contributed by atoms with van der Waals surface area (Å²) < 4.78 is 14.7. The van der Waals surface area contributed by atoms with Crippen molar-refractivity contribution in [3.8, 4) is 11.5 Å². The van der Waals surface area contributed by atoms with Crippen LogP contribution in [-0.2, 0) is 9.53 Å². The van der Waals surface area contributed by atoms with E-state index in [-0.39, 0.29) is 5.78 Å². The molecule has 0 aliphatic heterocycles. The molecule has 0 aliphatic carbocycles. The monoisotopic (exact) mass is 250 g/mol. The standard InChI is InChI=1S/C13H14O5/c1-9(14)11-5-4-10(16-2)8-12(11)18-7-6-13(15)17-3/h4-8H,1-3H3. The molecule has 1 rings (SSSR count). The zero-order valence-electron chi connectivity index (χ0n) is 10.4. The molecule has 0 radical (unpaired) electrons. The molecule has 0 aliphatic rings. The van der Waals surface area contributed by atoms with Gasteiger partial charge < -0.3 is 14.2 Å². The highest BCUT2D eigenvalue weighted by molar-refractivity contribution is 5.97. The molecule has 96 valence electrons. The molecular weight excluding hydrogens is 236 g/mol. The molecule has 0 aromatic heterocycles. The zero-order valence-corrected chi connectivity index (χ0v) is 10.4. The van der Waals surface area contributed by atoms with Gasteiger partial charge in [0.05, 0.1) is 32.1 Å². The molecular formula is C13H14O5. The highest BCUT2D eigenvalue weighted by Crippen LogP contribution is 2.25. The van der Waals surface area contributed by atoms with Crippen LogP contribution in [0.3, 0.4) is 0 Å². The van der Waals surface area contributed by atoms with Crippen molar-refractivity contribution >= 4 is 11.8 Å². The van der Waals surface area contributed by atoms with Crippen LogP contribution in [0.25, 0.3) is 0 Å². The third kappa shape index (κ3) is 3.62. The Balaban J connectivity index is 2.94. The smallest absolute Gasteiger partial charge is 0.333 e. The van der Waals surface area contributed by atoms with Gasteiger partial charge in [0.25, 0.3) is 0 Å². The summed E-state index contributed by atoms with van der Waals surface area (Å²) in [7, 11) is 2.77. The minimum absolute atomic E-state index is 0.140. The third-order valence-electron chi connectivity index (χ3n) is 2.17. The quantitative estimate of drug-likeness (QED) is 0.346. The molecule has 5 nitrogen and oxygen atoms in total. The van der Waals surface area contributed by atoms with E-state index < -0.39 is 5.97 Å². The van der Waals surface area contributed by atoms with E-state index in [1.807, 2.05) is 0 Å². The zero-order chi connectivity index (χ0) is 13.5. The first-order chi connectivity index (χ1) is 8.58. The molecule has 1 aromatic rings. The van der Waals surface area contributed by atoms with Crippen molar-refractivity contribution in [2.45, 2.75) is 6.92 Å². The van der Waals surface area contributed by atoms with Crippen LogP contribution in [0.2, 0.25) is 0 Å². The predicted octanol–water partition coefficient (Wildman–Crippen LogP) is 1.96. The lowest BCUT2D eigenvalue weighted by Gasteiger charge is -2.07. The average Bonchev–Trinajstić information content (AvgIpc) is 2.37. The topological polar surface area (TPSA) is 61.8 Å². The van der Waals surface area contributed by atoms with Gasteiger partial charge >= 0.3 is 5.97 Å². The SMILES string of the molecule is COC(=O)C=COc1cc(OC)ccc1C(C)=O. The van der Waals surface area contributed by atoms with Gasteiger partial charge in [0.2, 0.25) is 0 Å². The van der Waals surface area contributed by atoms with Crippen LogP contribution < -0.4 is 9.47 Å². The van der Waals surface area contributed by atoms with Crippen LogP contribution in [0.1, 0.15) is 17.3 Å². The Labute approximate surface area is 105 Å². The normalized spacial score (nSPS) is 10.2. The van der Waals surface area contributed by atoms with Crippen molar-refractivity contribution in [2.75, 3.05) is 14.2 Å². The van der Waals surface area contributed by atoms with Crippen LogP contribution in [0.15, 0.2) is 30.5 Å². The number of carbonyl (C=O) groups is 2. The van der Waals surface area contributed by atoms with Gasteiger partial charge in [-0.25, -0.2) is 4.79 Å². The molecule has 0 saturated carbocycles. The summed E-state index contributed by atoms with van der Waals surface area (Å²) in [4.78, 5) is 22.2. The van der Waals surface area contributed by atoms with Gasteiger partial charge in [0.15, 0.2) is 5.78 Å². The maximum atomic E-state index is 11.4. The number of benzene rings is 1. The van der Waals surface area contributed by atoms with Gasteiger partial charge in [-0.1, -0.05) is 0 Å². The number of methoxy groups -OCH3 is 2. The van der Waals surface area contributed by atoms with E-state index in [1.165, 1.54) is 21.1 Å². The number of hydrogen-bond donors (Lipinski definition) is 0. The highest BCUT2D eigenvalue weighted by Gasteiger charge is 2.09. The number of rotatable bonds is 5. The van der Waals surface area contributed by atoms with E-state index in [2.05, 4.69) is 4.74 Å². The Kier molecular flexibility index (Phi) is 4.92. The number of Topliss-reactive ketones (excluding diaryl/α,β-unsaturated/α-hetero) is 1. The second kappa shape index (κ2) is 6.44. The van der Waals surface area contributed by atoms with Gasteiger partial charge in [0, 0.05) is 6.07 Å². The molecule has 0 amide bonds. The van der Waals surface area contributed by atoms with E-state index in [0.717, 1.165) is 12.3 Å². The van der Waals surface area contributed by atoms with Crippen molar-refractivity contribution < 1.29 is 23.8 Å². The van der Waals surface area contributed by atoms with Gasteiger partial charge in [-0.05, 0) is 19.1 Å². The predicted molar refractivity (Wildman–Crippen MR) is 64.8 cm³/mol. The summed E-state index contributed by atoms with van der Waals surface area (Å²) in [6.45, 7) is 1.43. The van der Waals surface area contributed by atoms with Gasteiger partial charge in [-0.3, -0.25) is 4.79 Å². The minimum atomic E-state index is -0.540. The van der Waals surface area contributed by atoms with Crippen molar-refractivity contribution in [2.24, 2.45) is 0 Å². The lowest BCUT2D eigenvalue weighted by atomic mass is 10.1. The fourth-order valence-corrected chi connectivity index (χ4v) is 1.25. The van der Waals surface area contributed by atoms with Crippen molar-refractivity contribution in [1.29, 1.82) is 0 Å². The second-order valence-corrected chi connectivity index (χ2v) is 3.36. The van der Waals surface area contributed by atoms with E-state index in [0.29, 0.717) is 17.1 Å². The first-order valence-corrected chi connectivity index (χ1v) is 5.18. The summed E-state index contributed by atoms with van der Waals surface area (Å²) in [5, 5.41) is 0. The third-order valence-corrected chi connectivity index (χ3v) is 2.17. The number of esters is 1. The van der Waals surface area contributed by atoms with E-state index in [1.54, 1.807) is 18.2 Å².